The number of fused-ring (bicyclic) bond motifs is 1. The number of thiazole rings is 1. The number of amides is 1. The van der Waals surface area contributed by atoms with E-state index in [1.807, 2.05) is 11.0 Å². The Kier molecular flexibility index (Phi) is 5.98. The van der Waals surface area contributed by atoms with Crippen LogP contribution in [0.4, 0.5) is 4.39 Å². The minimum absolute atomic E-state index is 0.147. The number of halogens is 1. The van der Waals surface area contributed by atoms with E-state index in [9.17, 15) is 9.18 Å². The molecule has 0 saturated carbocycles. The van der Waals surface area contributed by atoms with E-state index in [1.165, 1.54) is 21.8 Å². The first-order valence-electron chi connectivity index (χ1n) is 10.9. The summed E-state index contributed by atoms with van der Waals surface area (Å²) < 4.78 is 20.3. The number of carbonyl (C=O) groups excluding carboxylic acids is 1. The average Bonchev–Trinajstić information content (AvgIpc) is 3.24. The molecule has 0 aliphatic carbocycles. The summed E-state index contributed by atoms with van der Waals surface area (Å²) in [6, 6.07) is 14.7. The highest BCUT2D eigenvalue weighted by Gasteiger charge is 2.29. The molecule has 2 aliphatic heterocycles. The van der Waals surface area contributed by atoms with Gasteiger partial charge in [-0.25, -0.2) is 9.37 Å². The number of hydrogen-bond donors (Lipinski definition) is 0. The molecule has 5 rings (SSSR count). The Balaban J connectivity index is 1.14. The number of likely N-dealkylation sites (tertiary alicyclic amines) is 1. The van der Waals surface area contributed by atoms with Gasteiger partial charge < -0.3 is 9.64 Å². The van der Waals surface area contributed by atoms with Crippen LogP contribution >= 0.6 is 11.3 Å². The minimum Gasteiger partial charge on any atom is -0.370 e. The van der Waals surface area contributed by atoms with E-state index in [2.05, 4.69) is 23.1 Å². The molecule has 2 aliphatic rings. The maximum atomic E-state index is 13.2. The number of aromatic nitrogens is 1. The Morgan fingerprint density at radius 2 is 1.87 bits per heavy atom. The minimum atomic E-state index is -0.262. The first-order valence-corrected chi connectivity index (χ1v) is 11.7. The molecule has 7 heteroatoms. The third-order valence-electron chi connectivity index (χ3n) is 6.27. The van der Waals surface area contributed by atoms with Crippen molar-refractivity contribution >= 4 is 27.5 Å². The van der Waals surface area contributed by atoms with Crippen LogP contribution in [0.15, 0.2) is 48.5 Å². The molecule has 1 unspecified atom stereocenters. The van der Waals surface area contributed by atoms with Crippen molar-refractivity contribution in [2.45, 2.75) is 24.9 Å². The van der Waals surface area contributed by atoms with Crippen LogP contribution in [0.2, 0.25) is 0 Å². The Morgan fingerprint density at radius 3 is 2.65 bits per heavy atom. The summed E-state index contributed by atoms with van der Waals surface area (Å²) >= 11 is 1.80. The van der Waals surface area contributed by atoms with E-state index >= 15 is 0 Å². The van der Waals surface area contributed by atoms with Crippen molar-refractivity contribution < 1.29 is 13.9 Å². The smallest absolute Gasteiger partial charge is 0.236 e. The van der Waals surface area contributed by atoms with Crippen molar-refractivity contribution in [1.82, 2.24) is 14.8 Å². The van der Waals surface area contributed by atoms with Gasteiger partial charge in [-0.15, -0.1) is 11.3 Å². The lowest BCUT2D eigenvalue weighted by Gasteiger charge is -2.36. The van der Waals surface area contributed by atoms with E-state index in [0.717, 1.165) is 37.0 Å². The summed E-state index contributed by atoms with van der Waals surface area (Å²) in [5.41, 5.74) is 2.00. The molecule has 0 bridgehead atoms. The Bertz CT molecular complexity index is 1010. The Labute approximate surface area is 185 Å². The fourth-order valence-electron chi connectivity index (χ4n) is 4.45. The molecule has 1 atom stereocenters. The summed E-state index contributed by atoms with van der Waals surface area (Å²) in [6.45, 7) is 3.91. The van der Waals surface area contributed by atoms with Crippen molar-refractivity contribution in [3.63, 3.8) is 0 Å². The number of hydrogen-bond acceptors (Lipinski definition) is 5. The van der Waals surface area contributed by atoms with E-state index in [1.54, 1.807) is 23.5 Å². The number of morpholine rings is 1. The molecule has 31 heavy (non-hydrogen) atoms. The molecule has 0 N–H and O–H groups in total. The first kappa shape index (κ1) is 20.5. The van der Waals surface area contributed by atoms with Gasteiger partial charge in [0.2, 0.25) is 5.91 Å². The number of piperidine rings is 1. The maximum absolute atomic E-state index is 13.2. The molecule has 162 valence electrons. The standard InChI is InChI=1S/C24H26FN3O2S/c25-19-7-5-17(6-8-19)21-15-28(13-14-30-21)23(29)16-27-11-9-18(10-12-27)24-26-20-3-1-2-4-22(20)31-24/h1-8,18,21H,9-16H2. The molecule has 3 aromatic rings. The second-order valence-electron chi connectivity index (χ2n) is 8.32. The number of nitrogens with zero attached hydrogens (tertiary/aromatic N) is 3. The highest BCUT2D eigenvalue weighted by atomic mass is 32.1. The summed E-state index contributed by atoms with van der Waals surface area (Å²) in [4.78, 5) is 21.9. The monoisotopic (exact) mass is 439 g/mol. The lowest BCUT2D eigenvalue weighted by Crippen LogP contribution is -2.47. The lowest BCUT2D eigenvalue weighted by atomic mass is 9.97. The van der Waals surface area contributed by atoms with Gasteiger partial charge >= 0.3 is 0 Å². The van der Waals surface area contributed by atoms with Crippen molar-refractivity contribution in [3.8, 4) is 0 Å². The van der Waals surface area contributed by atoms with Gasteiger partial charge in [0.1, 0.15) is 11.9 Å². The van der Waals surface area contributed by atoms with Crippen LogP contribution in [0.5, 0.6) is 0 Å². The zero-order chi connectivity index (χ0) is 21.2. The van der Waals surface area contributed by atoms with Gasteiger partial charge in [0, 0.05) is 12.5 Å². The highest BCUT2D eigenvalue weighted by molar-refractivity contribution is 7.18. The SMILES string of the molecule is O=C(CN1CCC(c2nc3ccccc3s2)CC1)N1CCOC(c2ccc(F)cc2)C1. The molecule has 0 spiro atoms. The Hall–Kier alpha value is -2.35. The van der Waals surface area contributed by atoms with Crippen LogP contribution in [0.1, 0.15) is 35.4 Å². The van der Waals surface area contributed by atoms with Crippen molar-refractivity contribution in [1.29, 1.82) is 0 Å². The van der Waals surface area contributed by atoms with Gasteiger partial charge in [-0.2, -0.15) is 0 Å². The zero-order valence-corrected chi connectivity index (χ0v) is 18.2. The Morgan fingerprint density at radius 1 is 1.10 bits per heavy atom. The number of para-hydroxylation sites is 1. The molecule has 1 aromatic heterocycles. The van der Waals surface area contributed by atoms with Crippen LogP contribution < -0.4 is 0 Å². The van der Waals surface area contributed by atoms with Crippen molar-refractivity contribution in [2.24, 2.45) is 0 Å². The molecule has 1 amide bonds. The van der Waals surface area contributed by atoms with Crippen LogP contribution in [-0.2, 0) is 9.53 Å². The van der Waals surface area contributed by atoms with Crippen LogP contribution in [0.25, 0.3) is 10.2 Å². The second kappa shape index (κ2) is 9.02. The average molecular weight is 440 g/mol. The second-order valence-corrected chi connectivity index (χ2v) is 9.38. The van der Waals surface area contributed by atoms with Gasteiger partial charge in [0.25, 0.3) is 0 Å². The van der Waals surface area contributed by atoms with Gasteiger partial charge in [-0.3, -0.25) is 9.69 Å². The van der Waals surface area contributed by atoms with Crippen LogP contribution in [0.3, 0.4) is 0 Å². The summed E-state index contributed by atoms with van der Waals surface area (Å²) in [7, 11) is 0. The molecule has 2 aromatic carbocycles. The normalized spacial score (nSPS) is 20.9. The quantitative estimate of drug-likeness (QED) is 0.611. The fraction of sp³-hybridized carbons (Fsp3) is 0.417. The molecule has 2 saturated heterocycles. The molecule has 5 nitrogen and oxygen atoms in total. The number of benzene rings is 2. The van der Waals surface area contributed by atoms with Crippen molar-refractivity contribution in [3.05, 3.63) is 64.9 Å². The summed E-state index contributed by atoms with van der Waals surface area (Å²) in [6.07, 6.45) is 1.88. The predicted molar refractivity (Wildman–Crippen MR) is 120 cm³/mol. The third kappa shape index (κ3) is 4.63. The van der Waals surface area contributed by atoms with E-state index < -0.39 is 0 Å². The van der Waals surface area contributed by atoms with E-state index in [4.69, 9.17) is 9.72 Å². The zero-order valence-electron chi connectivity index (χ0n) is 17.4. The van der Waals surface area contributed by atoms with Gasteiger partial charge in [0.05, 0.1) is 34.9 Å². The molecular formula is C24H26FN3O2S. The highest BCUT2D eigenvalue weighted by Crippen LogP contribution is 2.33. The molecule has 3 heterocycles. The van der Waals surface area contributed by atoms with Gasteiger partial charge in [0.15, 0.2) is 0 Å². The largest absolute Gasteiger partial charge is 0.370 e. The van der Waals surface area contributed by atoms with Crippen molar-refractivity contribution in [2.75, 3.05) is 39.3 Å². The molecule has 0 radical (unpaired) electrons. The number of carbonyl (C=O) groups is 1. The topological polar surface area (TPSA) is 45.7 Å². The first-order chi connectivity index (χ1) is 15.2. The van der Waals surface area contributed by atoms with Gasteiger partial charge in [-0.05, 0) is 55.8 Å². The predicted octanol–water partition coefficient (Wildman–Crippen LogP) is 4.21. The lowest BCUT2D eigenvalue weighted by molar-refractivity contribution is -0.140. The molecular weight excluding hydrogens is 413 g/mol. The van der Waals surface area contributed by atoms with E-state index in [-0.39, 0.29) is 17.8 Å². The fourth-order valence-corrected chi connectivity index (χ4v) is 5.59. The summed E-state index contributed by atoms with van der Waals surface area (Å²) in [5.74, 6) is 0.366. The van der Waals surface area contributed by atoms with Gasteiger partial charge in [-0.1, -0.05) is 24.3 Å². The number of ether oxygens (including phenoxy) is 1. The summed E-state index contributed by atoms with van der Waals surface area (Å²) in [5, 5.41) is 1.22. The molecule has 2 fully saturated rings. The van der Waals surface area contributed by atoms with Crippen LogP contribution in [0, 0.1) is 5.82 Å². The third-order valence-corrected chi connectivity index (χ3v) is 7.47. The van der Waals surface area contributed by atoms with Crippen LogP contribution in [-0.4, -0.2) is 60.0 Å². The van der Waals surface area contributed by atoms with E-state index in [0.29, 0.717) is 32.2 Å². The maximum Gasteiger partial charge on any atom is 0.236 e. The number of rotatable bonds is 4.